The molecule has 7 nitrogen and oxygen atoms in total. The minimum absolute atomic E-state index is 0.0178. The molecule has 0 atom stereocenters. The number of amides is 2. The van der Waals surface area contributed by atoms with E-state index in [1.807, 2.05) is 65.8 Å². The maximum atomic E-state index is 13.4. The van der Waals surface area contributed by atoms with E-state index < -0.39 is 0 Å². The summed E-state index contributed by atoms with van der Waals surface area (Å²) in [5.41, 5.74) is 7.09. The fourth-order valence-corrected chi connectivity index (χ4v) is 5.93. The van der Waals surface area contributed by atoms with E-state index in [-0.39, 0.29) is 29.5 Å². The third-order valence-corrected chi connectivity index (χ3v) is 8.38. The van der Waals surface area contributed by atoms with Crippen molar-refractivity contribution < 1.29 is 9.59 Å². The SMILES string of the molecule is Cc1ccc(C)c(-n2c(CNC(=O)c3ccc(C(C)(C)C)cc3)nnc2SCC(=O)N2CCCc3ccccc32)c1. The highest BCUT2D eigenvalue weighted by Gasteiger charge is 2.24. The number of para-hydroxylation sites is 1. The highest BCUT2D eigenvalue weighted by molar-refractivity contribution is 7.99. The number of carbonyl (C=O) groups excluding carboxylic acids is 2. The van der Waals surface area contributed by atoms with Crippen molar-refractivity contribution >= 4 is 29.3 Å². The van der Waals surface area contributed by atoms with E-state index in [1.54, 1.807) is 0 Å². The molecule has 5 rings (SSSR count). The van der Waals surface area contributed by atoms with Gasteiger partial charge in [-0.1, -0.05) is 75.0 Å². The van der Waals surface area contributed by atoms with Crippen LogP contribution in [0.1, 0.15) is 65.6 Å². The van der Waals surface area contributed by atoms with Crippen molar-refractivity contribution in [1.82, 2.24) is 20.1 Å². The van der Waals surface area contributed by atoms with E-state index in [0.717, 1.165) is 35.3 Å². The topological polar surface area (TPSA) is 80.1 Å². The Morgan fingerprint density at radius 2 is 1.71 bits per heavy atom. The minimum atomic E-state index is -0.172. The molecule has 1 aromatic heterocycles. The first-order chi connectivity index (χ1) is 19.6. The number of aromatic nitrogens is 3. The highest BCUT2D eigenvalue weighted by atomic mass is 32.2. The van der Waals surface area contributed by atoms with Crippen LogP contribution in [-0.2, 0) is 23.2 Å². The van der Waals surface area contributed by atoms with E-state index >= 15 is 0 Å². The zero-order valence-electron chi connectivity index (χ0n) is 24.4. The standard InChI is InChI=1S/C33H37N5O2S/c1-22-12-13-23(2)28(19-22)38-29(20-34-31(40)25-14-16-26(17-15-25)33(3,4)5)35-36-32(38)41-21-30(39)37-18-8-10-24-9-6-7-11-27(24)37/h6-7,9,11-17,19H,8,10,18,20-21H2,1-5H3,(H,34,40). The summed E-state index contributed by atoms with van der Waals surface area (Å²) in [6, 6.07) is 22.1. The smallest absolute Gasteiger partial charge is 0.251 e. The van der Waals surface area contributed by atoms with Gasteiger partial charge in [-0.3, -0.25) is 14.2 Å². The van der Waals surface area contributed by atoms with Crippen molar-refractivity contribution in [3.8, 4) is 5.69 Å². The molecule has 2 heterocycles. The first kappa shape index (κ1) is 28.6. The number of thioether (sulfide) groups is 1. The monoisotopic (exact) mass is 567 g/mol. The van der Waals surface area contributed by atoms with Crippen LogP contribution in [-0.4, -0.2) is 38.9 Å². The third kappa shape index (κ3) is 6.38. The van der Waals surface area contributed by atoms with Crippen molar-refractivity contribution in [3.05, 3.63) is 100 Å². The molecule has 41 heavy (non-hydrogen) atoms. The van der Waals surface area contributed by atoms with Gasteiger partial charge in [0.15, 0.2) is 11.0 Å². The summed E-state index contributed by atoms with van der Waals surface area (Å²) in [7, 11) is 0. The average molecular weight is 568 g/mol. The number of hydrogen-bond donors (Lipinski definition) is 1. The number of carbonyl (C=O) groups is 2. The molecule has 2 amide bonds. The maximum absolute atomic E-state index is 13.4. The van der Waals surface area contributed by atoms with Crippen LogP contribution >= 0.6 is 11.8 Å². The lowest BCUT2D eigenvalue weighted by molar-refractivity contribution is -0.116. The molecule has 0 saturated carbocycles. The lowest BCUT2D eigenvalue weighted by Gasteiger charge is -2.29. The van der Waals surface area contributed by atoms with Crippen LogP contribution in [0.2, 0.25) is 0 Å². The van der Waals surface area contributed by atoms with Gasteiger partial charge in [0.2, 0.25) is 5.91 Å². The molecule has 0 radical (unpaired) electrons. The molecule has 212 valence electrons. The van der Waals surface area contributed by atoms with Gasteiger partial charge >= 0.3 is 0 Å². The number of nitrogens with zero attached hydrogens (tertiary/aromatic N) is 4. The Morgan fingerprint density at radius 3 is 2.46 bits per heavy atom. The summed E-state index contributed by atoms with van der Waals surface area (Å²) in [5, 5.41) is 12.6. The quantitative estimate of drug-likeness (QED) is 0.270. The number of rotatable bonds is 7. The zero-order chi connectivity index (χ0) is 29.1. The third-order valence-electron chi connectivity index (χ3n) is 7.46. The van der Waals surface area contributed by atoms with Crippen LogP contribution < -0.4 is 10.2 Å². The molecule has 0 fully saturated rings. The summed E-state index contributed by atoms with van der Waals surface area (Å²) in [5.74, 6) is 0.723. The van der Waals surface area contributed by atoms with Gasteiger partial charge in [0.05, 0.1) is 18.0 Å². The summed E-state index contributed by atoms with van der Waals surface area (Å²) in [6.07, 6.45) is 1.94. The van der Waals surface area contributed by atoms with Crippen LogP contribution in [0.5, 0.6) is 0 Å². The van der Waals surface area contributed by atoms with E-state index in [4.69, 9.17) is 0 Å². The largest absolute Gasteiger partial charge is 0.345 e. The fourth-order valence-electron chi connectivity index (χ4n) is 5.09. The second-order valence-electron chi connectivity index (χ2n) is 11.6. The van der Waals surface area contributed by atoms with Gasteiger partial charge in [-0.2, -0.15) is 0 Å². The normalized spacial score (nSPS) is 13.1. The number of fused-ring (bicyclic) bond motifs is 1. The molecule has 0 spiro atoms. The molecule has 0 unspecified atom stereocenters. The Labute approximate surface area is 246 Å². The second kappa shape index (κ2) is 11.9. The molecule has 0 bridgehead atoms. The Bertz CT molecular complexity index is 1570. The molecule has 1 aliphatic heterocycles. The van der Waals surface area contributed by atoms with Crippen molar-refractivity contribution in [1.29, 1.82) is 0 Å². The summed E-state index contributed by atoms with van der Waals surface area (Å²) in [4.78, 5) is 28.3. The van der Waals surface area contributed by atoms with E-state index in [9.17, 15) is 9.59 Å². The van der Waals surface area contributed by atoms with Crippen molar-refractivity contribution in [2.24, 2.45) is 0 Å². The number of benzene rings is 3. The van der Waals surface area contributed by atoms with Gasteiger partial charge in [0.25, 0.3) is 5.91 Å². The van der Waals surface area contributed by atoms with Crippen LogP contribution in [0.4, 0.5) is 5.69 Å². The lowest BCUT2D eigenvalue weighted by Crippen LogP contribution is -2.36. The Kier molecular flexibility index (Phi) is 8.31. The van der Waals surface area contributed by atoms with Gasteiger partial charge in [0, 0.05) is 17.8 Å². The van der Waals surface area contributed by atoms with Gasteiger partial charge in [-0.15, -0.1) is 10.2 Å². The first-order valence-corrected chi connectivity index (χ1v) is 15.0. The molecule has 1 aliphatic rings. The number of aryl methyl sites for hydroxylation is 3. The van der Waals surface area contributed by atoms with Gasteiger partial charge in [0.1, 0.15) is 0 Å². The summed E-state index contributed by atoms with van der Waals surface area (Å²) < 4.78 is 1.97. The van der Waals surface area contributed by atoms with Crippen LogP contribution in [0.25, 0.3) is 5.69 Å². The summed E-state index contributed by atoms with van der Waals surface area (Å²) in [6.45, 7) is 11.4. The fraction of sp³-hybridized carbons (Fsp3) is 0.333. The Balaban J connectivity index is 1.36. The Morgan fingerprint density at radius 1 is 0.951 bits per heavy atom. The molecule has 0 saturated heterocycles. The molecule has 4 aromatic rings. The highest BCUT2D eigenvalue weighted by Crippen LogP contribution is 2.30. The minimum Gasteiger partial charge on any atom is -0.345 e. The molecule has 1 N–H and O–H groups in total. The van der Waals surface area contributed by atoms with Crippen LogP contribution in [0, 0.1) is 13.8 Å². The van der Waals surface area contributed by atoms with Gasteiger partial charge in [-0.25, -0.2) is 0 Å². The molecule has 3 aromatic carbocycles. The van der Waals surface area contributed by atoms with Crippen molar-refractivity contribution in [2.75, 3.05) is 17.2 Å². The van der Waals surface area contributed by atoms with Crippen molar-refractivity contribution in [2.45, 2.75) is 64.6 Å². The predicted molar refractivity (Wildman–Crippen MR) is 165 cm³/mol. The van der Waals surface area contributed by atoms with E-state index in [2.05, 4.69) is 60.6 Å². The first-order valence-electron chi connectivity index (χ1n) is 14.0. The number of hydrogen-bond acceptors (Lipinski definition) is 5. The average Bonchev–Trinajstić information content (AvgIpc) is 3.37. The predicted octanol–water partition coefficient (Wildman–Crippen LogP) is 6.18. The van der Waals surface area contributed by atoms with E-state index in [0.29, 0.717) is 23.1 Å². The summed E-state index contributed by atoms with van der Waals surface area (Å²) >= 11 is 1.37. The lowest BCUT2D eigenvalue weighted by atomic mass is 9.87. The second-order valence-corrected chi connectivity index (χ2v) is 12.5. The van der Waals surface area contributed by atoms with E-state index in [1.165, 1.54) is 22.9 Å². The van der Waals surface area contributed by atoms with Crippen molar-refractivity contribution in [3.63, 3.8) is 0 Å². The molecular formula is C33H37N5O2S. The van der Waals surface area contributed by atoms with Gasteiger partial charge in [-0.05, 0) is 78.6 Å². The molecule has 8 heteroatoms. The Hall–Kier alpha value is -3.91. The van der Waals surface area contributed by atoms with Crippen LogP contribution in [0.3, 0.4) is 0 Å². The van der Waals surface area contributed by atoms with Crippen LogP contribution in [0.15, 0.2) is 71.9 Å². The molecule has 0 aliphatic carbocycles. The number of nitrogens with one attached hydrogen (secondary N) is 1. The molecular weight excluding hydrogens is 530 g/mol. The number of anilines is 1. The van der Waals surface area contributed by atoms with Gasteiger partial charge < -0.3 is 10.2 Å². The maximum Gasteiger partial charge on any atom is 0.251 e. The zero-order valence-corrected chi connectivity index (χ0v) is 25.2.